The van der Waals surface area contributed by atoms with Gasteiger partial charge in [0.25, 0.3) is 0 Å². The number of hydrogen-bond acceptors (Lipinski definition) is 3. The first kappa shape index (κ1) is 13.6. The first-order valence-corrected chi connectivity index (χ1v) is 6.64. The predicted molar refractivity (Wildman–Crippen MR) is 79.7 cm³/mol. The maximum absolute atomic E-state index is 10.4. The summed E-state index contributed by atoms with van der Waals surface area (Å²) in [6.07, 6.45) is 2.44. The summed E-state index contributed by atoms with van der Waals surface area (Å²) in [5, 5.41) is 10.4. The molecule has 2 rings (SSSR count). The van der Waals surface area contributed by atoms with Gasteiger partial charge in [-0.1, -0.05) is 18.2 Å². The molecule has 19 heavy (non-hydrogen) atoms. The summed E-state index contributed by atoms with van der Waals surface area (Å²) in [5.74, 6) is 0.0694. The van der Waals surface area contributed by atoms with Gasteiger partial charge in [-0.15, -0.1) is 0 Å². The third-order valence-corrected chi connectivity index (χ3v) is 3.08. The van der Waals surface area contributed by atoms with Crippen LogP contribution >= 0.6 is 22.6 Å². The normalized spacial score (nSPS) is 10.6. The number of carboxylic acid groups (broad SMARTS) is 1. The molecule has 0 aliphatic rings. The maximum atomic E-state index is 10.4. The predicted octanol–water partition coefficient (Wildman–Crippen LogP) is 2.85. The lowest BCUT2D eigenvalue weighted by Crippen LogP contribution is -2.18. The van der Waals surface area contributed by atoms with E-state index >= 15 is 0 Å². The molecule has 0 saturated heterocycles. The molecular weight excluding hydrogens is 355 g/mol. The second-order valence-electron chi connectivity index (χ2n) is 3.75. The van der Waals surface area contributed by atoms with Gasteiger partial charge in [-0.25, -0.2) is 0 Å². The standard InChI is InChI=1S/C15H11IO3/c16-12-6-8-13(9-7-12)19-14-4-2-1-3-11(14)5-10-15(17)18/h1-10H,(H,17,18)/p-1/b10-5+. The molecule has 2 aromatic carbocycles. The van der Waals surface area contributed by atoms with Crippen LogP contribution in [0.15, 0.2) is 54.6 Å². The molecule has 96 valence electrons. The molecule has 0 fully saturated rings. The minimum absolute atomic E-state index is 0.598. The third kappa shape index (κ3) is 4.10. The molecular formula is C15H10IO3-. The van der Waals surface area contributed by atoms with Crippen LogP contribution in [0.5, 0.6) is 11.5 Å². The van der Waals surface area contributed by atoms with Gasteiger partial charge in [0.2, 0.25) is 0 Å². The number of aliphatic carboxylic acids is 1. The maximum Gasteiger partial charge on any atom is 0.134 e. The summed E-state index contributed by atoms with van der Waals surface area (Å²) < 4.78 is 6.85. The molecule has 3 nitrogen and oxygen atoms in total. The topological polar surface area (TPSA) is 49.4 Å². The number of carboxylic acids is 1. The summed E-state index contributed by atoms with van der Waals surface area (Å²) in [4.78, 5) is 10.4. The van der Waals surface area contributed by atoms with Crippen molar-refractivity contribution >= 4 is 34.6 Å². The smallest absolute Gasteiger partial charge is 0.134 e. The summed E-state index contributed by atoms with van der Waals surface area (Å²) in [7, 11) is 0. The Morgan fingerprint density at radius 3 is 2.47 bits per heavy atom. The quantitative estimate of drug-likeness (QED) is 0.619. The first-order valence-electron chi connectivity index (χ1n) is 5.56. The number of halogens is 1. The molecule has 0 heterocycles. The lowest BCUT2D eigenvalue weighted by atomic mass is 10.2. The van der Waals surface area contributed by atoms with Crippen molar-refractivity contribution in [1.29, 1.82) is 0 Å². The molecule has 0 bridgehead atoms. The van der Waals surface area contributed by atoms with Crippen LogP contribution in [0.3, 0.4) is 0 Å². The number of hydrogen-bond donors (Lipinski definition) is 0. The van der Waals surface area contributed by atoms with Gasteiger partial charge in [-0.05, 0) is 65.1 Å². The molecule has 0 unspecified atom stereocenters. The number of carbonyl (C=O) groups excluding carboxylic acids is 1. The largest absolute Gasteiger partial charge is 0.545 e. The van der Waals surface area contributed by atoms with Crippen LogP contribution in [0.4, 0.5) is 0 Å². The van der Waals surface area contributed by atoms with Crippen molar-refractivity contribution in [3.8, 4) is 11.5 Å². The van der Waals surface area contributed by atoms with E-state index in [9.17, 15) is 9.90 Å². The molecule has 0 aliphatic carbocycles. The summed E-state index contributed by atoms with van der Waals surface area (Å²) in [6.45, 7) is 0. The Morgan fingerprint density at radius 2 is 1.79 bits per heavy atom. The van der Waals surface area contributed by atoms with Crippen LogP contribution < -0.4 is 9.84 Å². The second kappa shape index (κ2) is 6.38. The molecule has 2 aromatic rings. The summed E-state index contributed by atoms with van der Waals surface area (Å²) >= 11 is 2.22. The van der Waals surface area contributed by atoms with Gasteiger partial charge in [0.1, 0.15) is 11.5 Å². The highest BCUT2D eigenvalue weighted by Gasteiger charge is 2.01. The highest BCUT2D eigenvalue weighted by molar-refractivity contribution is 14.1. The van der Waals surface area contributed by atoms with Gasteiger partial charge in [-0.3, -0.25) is 0 Å². The SMILES string of the molecule is O=C([O-])/C=C/c1ccccc1Oc1ccc(I)cc1. The van der Waals surface area contributed by atoms with Gasteiger partial charge < -0.3 is 14.6 Å². The van der Waals surface area contributed by atoms with E-state index in [2.05, 4.69) is 22.6 Å². The average Bonchev–Trinajstić information content (AvgIpc) is 2.40. The van der Waals surface area contributed by atoms with Crippen molar-refractivity contribution in [1.82, 2.24) is 0 Å². The molecule has 0 N–H and O–H groups in total. The number of rotatable bonds is 4. The number of ether oxygens (including phenoxy) is 1. The lowest BCUT2D eigenvalue weighted by molar-refractivity contribution is -0.297. The fourth-order valence-electron chi connectivity index (χ4n) is 1.50. The van der Waals surface area contributed by atoms with Gasteiger partial charge in [-0.2, -0.15) is 0 Å². The van der Waals surface area contributed by atoms with Crippen molar-refractivity contribution in [2.45, 2.75) is 0 Å². The van der Waals surface area contributed by atoms with Gasteiger partial charge in [0.15, 0.2) is 0 Å². The van der Waals surface area contributed by atoms with E-state index in [1.54, 1.807) is 12.1 Å². The molecule has 0 spiro atoms. The van der Waals surface area contributed by atoms with Crippen molar-refractivity contribution in [2.24, 2.45) is 0 Å². The highest BCUT2D eigenvalue weighted by Crippen LogP contribution is 2.26. The van der Waals surface area contributed by atoms with Crippen LogP contribution in [0.2, 0.25) is 0 Å². The minimum atomic E-state index is -1.23. The molecule has 0 atom stereocenters. The van der Waals surface area contributed by atoms with Crippen LogP contribution in [-0.2, 0) is 4.79 Å². The second-order valence-corrected chi connectivity index (χ2v) is 4.99. The first-order chi connectivity index (χ1) is 9.15. The van der Waals surface area contributed by atoms with E-state index in [-0.39, 0.29) is 0 Å². The van der Waals surface area contributed by atoms with E-state index in [0.29, 0.717) is 17.1 Å². The van der Waals surface area contributed by atoms with E-state index in [0.717, 1.165) is 9.65 Å². The Balaban J connectivity index is 2.24. The van der Waals surface area contributed by atoms with E-state index in [1.807, 2.05) is 36.4 Å². The number of carbonyl (C=O) groups is 1. The summed E-state index contributed by atoms with van der Waals surface area (Å²) in [6, 6.07) is 14.8. The Hall–Kier alpha value is -1.82. The van der Waals surface area contributed by atoms with E-state index in [4.69, 9.17) is 4.74 Å². The zero-order valence-corrected chi connectivity index (χ0v) is 12.0. The van der Waals surface area contributed by atoms with Crippen molar-refractivity contribution in [2.75, 3.05) is 0 Å². The molecule has 0 aliphatic heterocycles. The number of benzene rings is 2. The number of para-hydroxylation sites is 1. The van der Waals surface area contributed by atoms with Crippen LogP contribution in [0.1, 0.15) is 5.56 Å². The van der Waals surface area contributed by atoms with Crippen LogP contribution in [0.25, 0.3) is 6.08 Å². The van der Waals surface area contributed by atoms with Crippen molar-refractivity contribution in [3.05, 3.63) is 63.7 Å². The van der Waals surface area contributed by atoms with Crippen LogP contribution in [-0.4, -0.2) is 5.97 Å². The molecule has 0 saturated carbocycles. The molecule has 4 heteroatoms. The molecule has 0 aromatic heterocycles. The van der Waals surface area contributed by atoms with Gasteiger partial charge >= 0.3 is 0 Å². The van der Waals surface area contributed by atoms with Crippen molar-refractivity contribution in [3.63, 3.8) is 0 Å². The third-order valence-electron chi connectivity index (χ3n) is 2.36. The van der Waals surface area contributed by atoms with E-state index < -0.39 is 5.97 Å². The average molecular weight is 365 g/mol. The Bertz CT molecular complexity index is 603. The summed E-state index contributed by atoms with van der Waals surface area (Å²) in [5.41, 5.74) is 0.685. The van der Waals surface area contributed by atoms with E-state index in [1.165, 1.54) is 6.08 Å². The zero-order chi connectivity index (χ0) is 13.7. The molecule has 0 amide bonds. The lowest BCUT2D eigenvalue weighted by Gasteiger charge is -2.08. The fraction of sp³-hybridized carbons (Fsp3) is 0. The van der Waals surface area contributed by atoms with Crippen molar-refractivity contribution < 1.29 is 14.6 Å². The monoisotopic (exact) mass is 365 g/mol. The Labute approximate surface area is 124 Å². The Kier molecular flexibility index (Phi) is 4.57. The molecule has 0 radical (unpaired) electrons. The van der Waals surface area contributed by atoms with Gasteiger partial charge in [0, 0.05) is 9.13 Å². The van der Waals surface area contributed by atoms with Gasteiger partial charge in [0.05, 0.1) is 5.97 Å². The van der Waals surface area contributed by atoms with Crippen LogP contribution in [0, 0.1) is 3.57 Å². The zero-order valence-electron chi connectivity index (χ0n) is 9.88. The Morgan fingerprint density at radius 1 is 1.11 bits per heavy atom. The highest BCUT2D eigenvalue weighted by atomic mass is 127. The fourth-order valence-corrected chi connectivity index (χ4v) is 1.86. The minimum Gasteiger partial charge on any atom is -0.545 e.